The molecule has 32 heavy (non-hydrogen) atoms. The number of esters is 1. The Morgan fingerprint density at radius 3 is 2.56 bits per heavy atom. The van der Waals surface area contributed by atoms with Crippen LogP contribution in [0.15, 0.2) is 42.5 Å². The Bertz CT molecular complexity index is 1070. The summed E-state index contributed by atoms with van der Waals surface area (Å²) in [5.74, 6) is -0.646. The second-order valence-corrected chi connectivity index (χ2v) is 8.09. The van der Waals surface area contributed by atoms with Crippen molar-refractivity contribution in [3.8, 4) is 6.07 Å². The van der Waals surface area contributed by atoms with Crippen LogP contribution in [0.2, 0.25) is 0 Å². The number of nitrogens with one attached hydrogen (secondary N) is 1. The van der Waals surface area contributed by atoms with E-state index in [9.17, 15) is 19.7 Å². The van der Waals surface area contributed by atoms with Crippen molar-refractivity contribution in [3.05, 3.63) is 63.7 Å². The van der Waals surface area contributed by atoms with Gasteiger partial charge in [-0.25, -0.2) is 4.79 Å². The van der Waals surface area contributed by atoms with E-state index >= 15 is 0 Å². The highest BCUT2D eigenvalue weighted by molar-refractivity contribution is 5.96. The van der Waals surface area contributed by atoms with E-state index in [1.54, 1.807) is 30.3 Å². The van der Waals surface area contributed by atoms with E-state index in [0.717, 1.165) is 6.42 Å². The Hall–Kier alpha value is -3.93. The molecule has 1 aliphatic rings. The lowest BCUT2D eigenvalue weighted by Gasteiger charge is -2.36. The first-order valence-electron chi connectivity index (χ1n) is 10.3. The zero-order valence-electron chi connectivity index (χ0n) is 17.9. The summed E-state index contributed by atoms with van der Waals surface area (Å²) in [7, 11) is 0. The molecule has 1 saturated heterocycles. The van der Waals surface area contributed by atoms with E-state index in [0.29, 0.717) is 36.3 Å². The molecular weight excluding hydrogens is 412 g/mol. The van der Waals surface area contributed by atoms with Crippen LogP contribution in [0.4, 0.5) is 17.1 Å². The van der Waals surface area contributed by atoms with Crippen LogP contribution in [0, 0.1) is 33.3 Å². The number of para-hydroxylation sites is 1. The van der Waals surface area contributed by atoms with Crippen molar-refractivity contribution in [1.29, 1.82) is 5.26 Å². The first-order valence-corrected chi connectivity index (χ1v) is 10.3. The summed E-state index contributed by atoms with van der Waals surface area (Å²) in [6.45, 7) is 5.05. The van der Waals surface area contributed by atoms with Crippen molar-refractivity contribution >= 4 is 28.9 Å². The number of nitriles is 1. The van der Waals surface area contributed by atoms with E-state index in [1.165, 1.54) is 12.1 Å². The predicted molar refractivity (Wildman–Crippen MR) is 118 cm³/mol. The minimum Gasteiger partial charge on any atom is -0.452 e. The molecule has 0 radical (unpaired) electrons. The Labute approximate surface area is 185 Å². The van der Waals surface area contributed by atoms with E-state index in [1.807, 2.05) is 11.0 Å². The van der Waals surface area contributed by atoms with E-state index in [-0.39, 0.29) is 16.8 Å². The maximum atomic E-state index is 12.4. The molecule has 9 nitrogen and oxygen atoms in total. The standard InChI is InChI=1S/C23H24N4O5/c1-15-9-16(2)13-26(12-15)20-8-7-17(10-21(20)27(30)31)23(29)32-14-22(28)25-19-6-4-3-5-18(19)11-24/h3-8,10,15-16H,9,12-14H2,1-2H3,(H,25,28)/t15-,16+. The Balaban J connectivity index is 1.69. The van der Waals surface area contributed by atoms with Crippen LogP contribution in [-0.4, -0.2) is 36.5 Å². The van der Waals surface area contributed by atoms with Crippen molar-refractivity contribution in [2.45, 2.75) is 20.3 Å². The molecule has 9 heteroatoms. The molecule has 2 aromatic carbocycles. The highest BCUT2D eigenvalue weighted by Crippen LogP contribution is 2.34. The van der Waals surface area contributed by atoms with Gasteiger partial charge in [0.2, 0.25) is 0 Å². The van der Waals surface area contributed by atoms with Gasteiger partial charge in [-0.15, -0.1) is 0 Å². The molecule has 1 fully saturated rings. The summed E-state index contributed by atoms with van der Waals surface area (Å²) < 4.78 is 5.02. The summed E-state index contributed by atoms with van der Waals surface area (Å²) in [6.07, 6.45) is 1.07. The summed E-state index contributed by atoms with van der Waals surface area (Å²) in [4.78, 5) is 37.6. The molecule has 0 saturated carbocycles. The summed E-state index contributed by atoms with van der Waals surface area (Å²) >= 11 is 0. The topological polar surface area (TPSA) is 126 Å². The van der Waals surface area contributed by atoms with Gasteiger partial charge in [0, 0.05) is 19.2 Å². The van der Waals surface area contributed by atoms with Crippen molar-refractivity contribution in [2.24, 2.45) is 11.8 Å². The van der Waals surface area contributed by atoms with Gasteiger partial charge in [-0.2, -0.15) is 5.26 Å². The number of hydrogen-bond acceptors (Lipinski definition) is 7. The molecule has 3 rings (SSSR count). The quantitative estimate of drug-likeness (QED) is 0.415. The lowest BCUT2D eigenvalue weighted by molar-refractivity contribution is -0.384. The van der Waals surface area contributed by atoms with Crippen LogP contribution in [0.25, 0.3) is 0 Å². The van der Waals surface area contributed by atoms with Gasteiger partial charge in [-0.3, -0.25) is 14.9 Å². The molecule has 1 N–H and O–H groups in total. The second-order valence-electron chi connectivity index (χ2n) is 8.09. The number of piperidine rings is 1. The average molecular weight is 436 g/mol. The van der Waals surface area contributed by atoms with Crippen LogP contribution in [0.3, 0.4) is 0 Å². The number of ether oxygens (including phenoxy) is 1. The summed E-state index contributed by atoms with van der Waals surface area (Å²) in [6, 6.07) is 12.6. The Morgan fingerprint density at radius 2 is 1.91 bits per heavy atom. The highest BCUT2D eigenvalue weighted by Gasteiger charge is 2.28. The number of carbonyl (C=O) groups is 2. The van der Waals surface area contributed by atoms with Gasteiger partial charge < -0.3 is 15.0 Å². The molecule has 1 heterocycles. The van der Waals surface area contributed by atoms with Gasteiger partial charge in [0.1, 0.15) is 11.8 Å². The van der Waals surface area contributed by atoms with Crippen molar-refractivity contribution < 1.29 is 19.2 Å². The molecule has 166 valence electrons. The molecule has 2 atom stereocenters. The van der Waals surface area contributed by atoms with E-state index in [4.69, 9.17) is 10.00 Å². The molecule has 0 bridgehead atoms. The highest BCUT2D eigenvalue weighted by atomic mass is 16.6. The first kappa shape index (κ1) is 22.7. The fourth-order valence-corrected chi connectivity index (χ4v) is 4.01. The molecule has 1 amide bonds. The van der Waals surface area contributed by atoms with E-state index < -0.39 is 23.4 Å². The zero-order valence-corrected chi connectivity index (χ0v) is 17.9. The first-order chi connectivity index (χ1) is 15.3. The smallest absolute Gasteiger partial charge is 0.338 e. The lowest BCUT2D eigenvalue weighted by atomic mass is 9.91. The van der Waals surface area contributed by atoms with Crippen LogP contribution >= 0.6 is 0 Å². The number of anilines is 2. The summed E-state index contributed by atoms with van der Waals surface area (Å²) in [5.41, 5.74) is 0.869. The van der Waals surface area contributed by atoms with Gasteiger partial charge in [-0.1, -0.05) is 26.0 Å². The normalized spacial score (nSPS) is 17.8. The Kier molecular flexibility index (Phi) is 7.05. The predicted octanol–water partition coefficient (Wildman–Crippen LogP) is 3.74. The minimum atomic E-state index is -0.844. The number of hydrogen-bond donors (Lipinski definition) is 1. The van der Waals surface area contributed by atoms with Crippen LogP contribution in [0.5, 0.6) is 0 Å². The van der Waals surface area contributed by atoms with Gasteiger partial charge in [-0.05, 0) is 42.5 Å². The molecule has 0 aliphatic carbocycles. The number of nitrogens with zero attached hydrogens (tertiary/aromatic N) is 3. The molecule has 0 spiro atoms. The largest absolute Gasteiger partial charge is 0.452 e. The maximum Gasteiger partial charge on any atom is 0.338 e. The number of carbonyl (C=O) groups excluding carboxylic acids is 2. The summed E-state index contributed by atoms with van der Waals surface area (Å²) in [5, 5.41) is 23.2. The van der Waals surface area contributed by atoms with E-state index in [2.05, 4.69) is 19.2 Å². The van der Waals surface area contributed by atoms with Gasteiger partial charge in [0.15, 0.2) is 6.61 Å². The monoisotopic (exact) mass is 436 g/mol. The van der Waals surface area contributed by atoms with Gasteiger partial charge in [0.25, 0.3) is 11.6 Å². The second kappa shape index (κ2) is 9.92. The van der Waals surface area contributed by atoms with Gasteiger partial charge in [0.05, 0.1) is 21.7 Å². The average Bonchev–Trinajstić information content (AvgIpc) is 2.76. The van der Waals surface area contributed by atoms with Gasteiger partial charge >= 0.3 is 5.97 Å². The van der Waals surface area contributed by atoms with Crippen molar-refractivity contribution in [2.75, 3.05) is 29.9 Å². The fourth-order valence-electron chi connectivity index (χ4n) is 4.01. The number of nitro benzene ring substituents is 1. The van der Waals surface area contributed by atoms with Crippen molar-refractivity contribution in [1.82, 2.24) is 0 Å². The SMILES string of the molecule is C[C@@H]1C[C@H](C)CN(c2ccc(C(=O)OCC(=O)Nc3ccccc3C#N)cc2[N+](=O)[O-])C1. The lowest BCUT2D eigenvalue weighted by Crippen LogP contribution is -2.39. The third-order valence-corrected chi connectivity index (χ3v) is 5.27. The van der Waals surface area contributed by atoms with Crippen molar-refractivity contribution in [3.63, 3.8) is 0 Å². The third-order valence-electron chi connectivity index (χ3n) is 5.27. The molecule has 2 aromatic rings. The van der Waals surface area contributed by atoms with Crippen LogP contribution in [-0.2, 0) is 9.53 Å². The number of nitro groups is 1. The molecule has 0 aromatic heterocycles. The number of rotatable bonds is 6. The zero-order chi connectivity index (χ0) is 23.3. The van der Waals surface area contributed by atoms with Crippen LogP contribution < -0.4 is 10.2 Å². The minimum absolute atomic E-state index is 0.0104. The van der Waals surface area contributed by atoms with Crippen LogP contribution in [0.1, 0.15) is 36.2 Å². The molecular formula is C23H24N4O5. The number of benzene rings is 2. The maximum absolute atomic E-state index is 12.4. The third kappa shape index (κ3) is 5.40. The molecule has 1 aliphatic heterocycles. The fraction of sp³-hybridized carbons (Fsp3) is 0.348. The molecule has 0 unspecified atom stereocenters. The number of amides is 1. The Morgan fingerprint density at radius 1 is 1.22 bits per heavy atom.